The number of fused-ring (bicyclic) bond motifs is 8. The molecule has 34 heavy (non-hydrogen) atoms. The Morgan fingerprint density at radius 1 is 0.971 bits per heavy atom. The number of piperidine rings is 1. The second kappa shape index (κ2) is 7.31. The normalized spacial score (nSPS) is 25.8. The van der Waals surface area contributed by atoms with Crippen molar-refractivity contribution < 1.29 is 4.48 Å². The summed E-state index contributed by atoms with van der Waals surface area (Å²) in [6, 6.07) is 20.1. The second-order valence-corrected chi connectivity index (χ2v) is 10.5. The molecule has 2 N–H and O–H groups in total. The van der Waals surface area contributed by atoms with Crippen molar-refractivity contribution >= 4 is 32.7 Å². The van der Waals surface area contributed by atoms with Crippen molar-refractivity contribution in [2.75, 3.05) is 20.1 Å². The van der Waals surface area contributed by atoms with Crippen LogP contribution in [0.2, 0.25) is 0 Å². The Balaban J connectivity index is 1.30. The maximum absolute atomic E-state index is 4.89. The lowest BCUT2D eigenvalue weighted by atomic mass is 9.78. The summed E-state index contributed by atoms with van der Waals surface area (Å²) in [5.74, 6) is 0.503. The van der Waals surface area contributed by atoms with E-state index in [0.717, 1.165) is 30.3 Å². The highest BCUT2D eigenvalue weighted by Crippen LogP contribution is 2.47. The zero-order chi connectivity index (χ0) is 22.9. The van der Waals surface area contributed by atoms with E-state index in [-0.39, 0.29) is 0 Å². The molecule has 4 heteroatoms. The molecule has 3 atom stereocenters. The zero-order valence-corrected chi connectivity index (χ0v) is 19.9. The number of benzene rings is 2. The van der Waals surface area contributed by atoms with Gasteiger partial charge in [-0.15, -0.1) is 0 Å². The van der Waals surface area contributed by atoms with Crippen LogP contribution in [0.5, 0.6) is 0 Å². The Bertz CT molecular complexity index is 1590. The first-order valence-corrected chi connectivity index (χ1v) is 12.6. The van der Waals surface area contributed by atoms with Crippen LogP contribution in [-0.2, 0) is 12.8 Å². The van der Waals surface area contributed by atoms with Gasteiger partial charge in [-0.1, -0.05) is 42.5 Å². The van der Waals surface area contributed by atoms with Crippen molar-refractivity contribution in [3.05, 3.63) is 89.4 Å². The standard InChI is InChI=1S/C30H31N4/c1-3-19-18-34(2)15-13-24-22-9-5-7-11-26(22)33-30(24)28(34)17-20(19)16-27-29-23(12-14-31-27)21-8-4-6-10-25(21)32-29/h3-12,14,20,28,32-33H,13,15-18H2,1-2H3/q+1. The molecule has 1 fully saturated rings. The Labute approximate surface area is 199 Å². The maximum atomic E-state index is 4.89. The number of hydrogen-bond acceptors (Lipinski definition) is 1. The van der Waals surface area contributed by atoms with Crippen LogP contribution in [0, 0.1) is 5.92 Å². The maximum Gasteiger partial charge on any atom is 0.131 e. The van der Waals surface area contributed by atoms with Gasteiger partial charge in [-0.05, 0) is 48.6 Å². The molecule has 3 aromatic heterocycles. The fraction of sp³-hybridized carbons (Fsp3) is 0.300. The summed E-state index contributed by atoms with van der Waals surface area (Å²) in [7, 11) is 2.47. The Morgan fingerprint density at radius 3 is 2.56 bits per heavy atom. The van der Waals surface area contributed by atoms with Gasteiger partial charge >= 0.3 is 0 Å². The first-order valence-electron chi connectivity index (χ1n) is 12.6. The average molecular weight is 448 g/mol. The summed E-state index contributed by atoms with van der Waals surface area (Å²) >= 11 is 0. The fourth-order valence-corrected chi connectivity index (χ4v) is 6.90. The highest BCUT2D eigenvalue weighted by molar-refractivity contribution is 6.07. The number of aromatic amines is 2. The van der Waals surface area contributed by atoms with Crippen LogP contribution >= 0.6 is 0 Å². The number of aromatic nitrogens is 3. The summed E-state index contributed by atoms with van der Waals surface area (Å²) in [5.41, 5.74) is 9.51. The molecule has 2 aliphatic rings. The minimum Gasteiger partial charge on any atom is -0.353 e. The van der Waals surface area contributed by atoms with E-state index in [2.05, 4.69) is 84.6 Å². The van der Waals surface area contributed by atoms with E-state index in [1.54, 1.807) is 11.1 Å². The predicted molar refractivity (Wildman–Crippen MR) is 140 cm³/mol. The van der Waals surface area contributed by atoms with Crippen molar-refractivity contribution in [1.29, 1.82) is 0 Å². The molecular formula is C30H31N4+. The van der Waals surface area contributed by atoms with Gasteiger partial charge in [-0.25, -0.2) is 0 Å². The van der Waals surface area contributed by atoms with E-state index < -0.39 is 0 Å². The first-order chi connectivity index (χ1) is 16.6. The lowest BCUT2D eigenvalue weighted by Gasteiger charge is -2.50. The number of pyridine rings is 1. The fourth-order valence-electron chi connectivity index (χ4n) is 6.90. The number of nitrogens with one attached hydrogen (secondary N) is 2. The third kappa shape index (κ3) is 2.85. The molecule has 0 radical (unpaired) electrons. The minimum atomic E-state index is 0.503. The number of quaternary nitrogens is 1. The lowest BCUT2D eigenvalue weighted by molar-refractivity contribution is -0.942. The van der Waals surface area contributed by atoms with Crippen LogP contribution < -0.4 is 0 Å². The molecule has 5 aromatic rings. The van der Waals surface area contributed by atoms with Crippen molar-refractivity contribution in [2.24, 2.45) is 5.92 Å². The van der Waals surface area contributed by atoms with Gasteiger partial charge in [0.05, 0.1) is 30.5 Å². The zero-order valence-electron chi connectivity index (χ0n) is 19.9. The van der Waals surface area contributed by atoms with Gasteiger partial charge in [0.15, 0.2) is 0 Å². The van der Waals surface area contributed by atoms with E-state index in [1.165, 1.54) is 50.6 Å². The highest BCUT2D eigenvalue weighted by Gasteiger charge is 2.47. The van der Waals surface area contributed by atoms with E-state index >= 15 is 0 Å². The van der Waals surface area contributed by atoms with Crippen molar-refractivity contribution in [2.45, 2.75) is 32.2 Å². The Morgan fingerprint density at radius 2 is 1.74 bits per heavy atom. The summed E-state index contributed by atoms with van der Waals surface area (Å²) in [6.45, 7) is 4.56. The van der Waals surface area contributed by atoms with Gasteiger partial charge in [0, 0.05) is 46.2 Å². The van der Waals surface area contributed by atoms with Gasteiger partial charge in [0.1, 0.15) is 12.6 Å². The van der Waals surface area contributed by atoms with Gasteiger partial charge < -0.3 is 14.5 Å². The number of para-hydroxylation sites is 2. The smallest absolute Gasteiger partial charge is 0.131 e. The van der Waals surface area contributed by atoms with Gasteiger partial charge in [0.2, 0.25) is 0 Å². The third-order valence-corrected chi connectivity index (χ3v) is 8.70. The average Bonchev–Trinajstić information content (AvgIpc) is 3.43. The number of likely N-dealkylation sites (N-methyl/N-ethyl adjacent to an activating group) is 1. The molecule has 0 bridgehead atoms. The molecular weight excluding hydrogens is 416 g/mol. The number of allylic oxidation sites excluding steroid dienone is 1. The molecule has 3 unspecified atom stereocenters. The van der Waals surface area contributed by atoms with Crippen LogP contribution in [0.4, 0.5) is 0 Å². The van der Waals surface area contributed by atoms with Crippen LogP contribution in [0.15, 0.2) is 72.4 Å². The molecule has 4 nitrogen and oxygen atoms in total. The van der Waals surface area contributed by atoms with Crippen molar-refractivity contribution in [3.8, 4) is 0 Å². The highest BCUT2D eigenvalue weighted by atomic mass is 15.4. The van der Waals surface area contributed by atoms with Crippen LogP contribution in [-0.4, -0.2) is 39.6 Å². The lowest BCUT2D eigenvalue weighted by Crippen LogP contribution is -2.56. The molecule has 2 aromatic carbocycles. The van der Waals surface area contributed by atoms with E-state index in [0.29, 0.717) is 12.0 Å². The largest absolute Gasteiger partial charge is 0.353 e. The molecule has 170 valence electrons. The van der Waals surface area contributed by atoms with Crippen LogP contribution in [0.25, 0.3) is 32.7 Å². The van der Waals surface area contributed by atoms with Crippen LogP contribution in [0.1, 0.15) is 36.3 Å². The Kier molecular flexibility index (Phi) is 4.31. The molecule has 0 amide bonds. The minimum absolute atomic E-state index is 0.503. The predicted octanol–water partition coefficient (Wildman–Crippen LogP) is 6.45. The van der Waals surface area contributed by atoms with E-state index in [4.69, 9.17) is 4.98 Å². The topological polar surface area (TPSA) is 44.5 Å². The molecule has 5 heterocycles. The molecule has 0 saturated carbocycles. The molecule has 0 spiro atoms. The number of H-pyrrole nitrogens is 2. The summed E-state index contributed by atoms with van der Waals surface area (Å²) in [5, 5.41) is 3.99. The summed E-state index contributed by atoms with van der Waals surface area (Å²) < 4.78 is 1.11. The summed E-state index contributed by atoms with van der Waals surface area (Å²) in [6.07, 6.45) is 7.68. The molecule has 2 aliphatic heterocycles. The number of rotatable bonds is 2. The third-order valence-electron chi connectivity index (χ3n) is 8.70. The molecule has 0 aliphatic carbocycles. The van der Waals surface area contributed by atoms with Gasteiger partial charge in [-0.2, -0.15) is 0 Å². The monoisotopic (exact) mass is 447 g/mol. The van der Waals surface area contributed by atoms with E-state index in [9.17, 15) is 0 Å². The number of hydrogen-bond donors (Lipinski definition) is 2. The van der Waals surface area contributed by atoms with Crippen molar-refractivity contribution in [1.82, 2.24) is 15.0 Å². The Hall–Kier alpha value is -3.37. The van der Waals surface area contributed by atoms with Gasteiger partial charge in [0.25, 0.3) is 0 Å². The van der Waals surface area contributed by atoms with Gasteiger partial charge in [-0.3, -0.25) is 4.98 Å². The second-order valence-electron chi connectivity index (χ2n) is 10.5. The quantitative estimate of drug-likeness (QED) is 0.237. The molecule has 7 rings (SSSR count). The SMILES string of the molecule is CC=C1C[N+]2(C)CCc3c([nH]c4ccccc34)C2CC1Cc1nccc2c1[nH]c1ccccc12. The summed E-state index contributed by atoms with van der Waals surface area (Å²) in [4.78, 5) is 12.4. The number of nitrogens with zero attached hydrogens (tertiary/aromatic N) is 2. The van der Waals surface area contributed by atoms with Crippen LogP contribution in [0.3, 0.4) is 0 Å². The first kappa shape index (κ1) is 20.0. The van der Waals surface area contributed by atoms with E-state index in [1.807, 2.05) is 6.20 Å². The molecule has 1 saturated heterocycles. The van der Waals surface area contributed by atoms with Crippen molar-refractivity contribution in [3.63, 3.8) is 0 Å².